The summed E-state index contributed by atoms with van der Waals surface area (Å²) in [5.74, 6) is -7.53. The van der Waals surface area contributed by atoms with Gasteiger partial charge in [0.05, 0.1) is 24.3 Å². The number of ether oxygens (including phenoxy) is 1. The zero-order valence-corrected chi connectivity index (χ0v) is 14.3. The molecule has 1 N–H and O–H groups in total. The fourth-order valence-corrected chi connectivity index (χ4v) is 3.31. The van der Waals surface area contributed by atoms with Crippen molar-refractivity contribution in [2.24, 2.45) is 11.8 Å². The Morgan fingerprint density at radius 2 is 1.79 bits per heavy atom. The van der Waals surface area contributed by atoms with E-state index in [4.69, 9.17) is 10.5 Å². The molecule has 0 radical (unpaired) electrons. The molecule has 0 bridgehead atoms. The largest absolute Gasteiger partial charge is 0.471 e. The van der Waals surface area contributed by atoms with Gasteiger partial charge in [0.15, 0.2) is 6.10 Å². The molecule has 1 aromatic rings. The van der Waals surface area contributed by atoms with E-state index < -0.39 is 66.1 Å². The molecule has 1 amide bonds. The molecular formula is C17H12F7N3O2. The number of hydrogen-bond acceptors (Lipinski definition) is 4. The van der Waals surface area contributed by atoms with E-state index >= 15 is 0 Å². The van der Waals surface area contributed by atoms with Gasteiger partial charge in [0.25, 0.3) is 0 Å². The average molecular weight is 423 g/mol. The monoisotopic (exact) mass is 423 g/mol. The highest BCUT2D eigenvalue weighted by molar-refractivity contribution is 5.82. The summed E-state index contributed by atoms with van der Waals surface area (Å²) in [4.78, 5) is 11.6. The van der Waals surface area contributed by atoms with Crippen molar-refractivity contribution in [3.63, 3.8) is 0 Å². The van der Waals surface area contributed by atoms with Crippen LogP contribution in [0.2, 0.25) is 0 Å². The maximum atomic E-state index is 14.4. The second kappa shape index (κ2) is 7.87. The number of rotatable bonds is 4. The minimum absolute atomic E-state index is 0.677. The first-order valence-electron chi connectivity index (χ1n) is 7.98. The number of amides is 1. The van der Waals surface area contributed by atoms with Crippen LogP contribution in [0.5, 0.6) is 0 Å². The Hall–Kier alpha value is -2.86. The van der Waals surface area contributed by atoms with Crippen LogP contribution in [0.15, 0.2) is 24.3 Å². The van der Waals surface area contributed by atoms with Crippen molar-refractivity contribution in [2.45, 2.75) is 30.4 Å². The first kappa shape index (κ1) is 22.4. The number of alkyl halides is 6. The molecule has 2 rings (SSSR count). The van der Waals surface area contributed by atoms with E-state index in [1.807, 2.05) is 0 Å². The standard InChI is InChI=1S/C17H12F7N3O2/c18-12-4-2-1-3-10(12)15(27-14(28)17(22,23)24)8-29-13(16(19,20)21)11(15)5-9(6-25)7-26/h1-4,9,11,13H,5,8H2,(H,27,28). The van der Waals surface area contributed by atoms with Gasteiger partial charge in [0.1, 0.15) is 11.7 Å². The molecule has 3 atom stereocenters. The molecule has 0 spiro atoms. The Morgan fingerprint density at radius 3 is 2.28 bits per heavy atom. The van der Waals surface area contributed by atoms with E-state index in [1.54, 1.807) is 0 Å². The van der Waals surface area contributed by atoms with Crippen LogP contribution in [-0.4, -0.2) is 31.0 Å². The molecule has 1 aliphatic heterocycles. The van der Waals surface area contributed by atoms with Gasteiger partial charge >= 0.3 is 18.3 Å². The molecule has 1 heterocycles. The van der Waals surface area contributed by atoms with Crippen LogP contribution in [0.3, 0.4) is 0 Å². The minimum atomic E-state index is -5.48. The van der Waals surface area contributed by atoms with Crippen molar-refractivity contribution >= 4 is 5.91 Å². The summed E-state index contributed by atoms with van der Waals surface area (Å²) in [7, 11) is 0. The summed E-state index contributed by atoms with van der Waals surface area (Å²) >= 11 is 0. The predicted octanol–water partition coefficient (Wildman–Crippen LogP) is 3.33. The average Bonchev–Trinajstić information content (AvgIpc) is 2.98. The highest BCUT2D eigenvalue weighted by atomic mass is 19.4. The Morgan fingerprint density at radius 1 is 1.21 bits per heavy atom. The molecule has 156 valence electrons. The first-order valence-corrected chi connectivity index (χ1v) is 7.98. The number of nitrogens with one attached hydrogen (secondary N) is 1. The lowest BCUT2D eigenvalue weighted by Gasteiger charge is -2.37. The summed E-state index contributed by atoms with van der Waals surface area (Å²) in [5.41, 5.74) is -3.28. The topological polar surface area (TPSA) is 85.9 Å². The number of carbonyl (C=O) groups excluding carboxylic acids is 1. The molecule has 1 aliphatic rings. The smallest absolute Gasteiger partial charge is 0.366 e. The second-order valence-corrected chi connectivity index (χ2v) is 6.33. The first-order chi connectivity index (χ1) is 13.4. The minimum Gasteiger partial charge on any atom is -0.366 e. The van der Waals surface area contributed by atoms with Gasteiger partial charge in [-0.1, -0.05) is 18.2 Å². The predicted molar refractivity (Wildman–Crippen MR) is 80.9 cm³/mol. The third-order valence-corrected chi connectivity index (χ3v) is 4.56. The molecule has 1 saturated heterocycles. The SMILES string of the molecule is N#CC(C#N)CC1C(C(F)(F)F)OCC1(NC(=O)C(F)(F)F)c1ccccc1F. The van der Waals surface area contributed by atoms with Crippen molar-refractivity contribution in [3.8, 4) is 12.1 Å². The van der Waals surface area contributed by atoms with Crippen LogP contribution >= 0.6 is 0 Å². The van der Waals surface area contributed by atoms with Gasteiger partial charge in [-0.15, -0.1) is 0 Å². The highest BCUT2D eigenvalue weighted by Crippen LogP contribution is 2.48. The molecule has 0 aliphatic carbocycles. The Bertz CT molecular complexity index is 842. The summed E-state index contributed by atoms with van der Waals surface area (Å²) < 4.78 is 98.1. The summed E-state index contributed by atoms with van der Waals surface area (Å²) in [6.07, 6.45) is -14.2. The van der Waals surface area contributed by atoms with E-state index in [1.165, 1.54) is 17.5 Å². The fraction of sp³-hybridized carbons (Fsp3) is 0.471. The second-order valence-electron chi connectivity index (χ2n) is 6.33. The van der Waals surface area contributed by atoms with Gasteiger partial charge < -0.3 is 10.1 Å². The molecule has 1 fully saturated rings. The lowest BCUT2D eigenvalue weighted by atomic mass is 9.73. The Labute approximate surface area is 159 Å². The van der Waals surface area contributed by atoms with E-state index in [0.717, 1.165) is 24.3 Å². The van der Waals surface area contributed by atoms with E-state index in [9.17, 15) is 35.5 Å². The summed E-state index contributed by atoms with van der Waals surface area (Å²) in [6, 6.07) is 6.86. The number of nitriles is 2. The van der Waals surface area contributed by atoms with Crippen LogP contribution in [0.1, 0.15) is 12.0 Å². The fourth-order valence-electron chi connectivity index (χ4n) is 3.31. The highest BCUT2D eigenvalue weighted by Gasteiger charge is 2.62. The van der Waals surface area contributed by atoms with E-state index in [0.29, 0.717) is 0 Å². The van der Waals surface area contributed by atoms with Gasteiger partial charge in [0.2, 0.25) is 0 Å². The Kier molecular flexibility index (Phi) is 6.09. The van der Waals surface area contributed by atoms with Crippen molar-refractivity contribution < 1.29 is 40.3 Å². The lowest BCUT2D eigenvalue weighted by Crippen LogP contribution is -2.57. The van der Waals surface area contributed by atoms with Crippen LogP contribution in [0.25, 0.3) is 0 Å². The van der Waals surface area contributed by atoms with Crippen molar-refractivity contribution in [1.29, 1.82) is 10.5 Å². The summed E-state index contributed by atoms with van der Waals surface area (Å²) in [6.45, 7) is -1.14. The van der Waals surface area contributed by atoms with Crippen molar-refractivity contribution in [1.82, 2.24) is 5.32 Å². The van der Waals surface area contributed by atoms with Gasteiger partial charge in [-0.25, -0.2) is 4.39 Å². The lowest BCUT2D eigenvalue weighted by molar-refractivity contribution is -0.217. The molecule has 3 unspecified atom stereocenters. The molecule has 1 aromatic carbocycles. The molecule has 0 aromatic heterocycles. The molecule has 0 saturated carbocycles. The van der Waals surface area contributed by atoms with Crippen LogP contribution < -0.4 is 5.32 Å². The number of benzene rings is 1. The van der Waals surface area contributed by atoms with Crippen LogP contribution in [-0.2, 0) is 15.1 Å². The number of hydrogen-bond donors (Lipinski definition) is 1. The third kappa shape index (κ3) is 4.43. The normalized spacial score (nSPS) is 24.8. The quantitative estimate of drug-likeness (QED) is 0.753. The zero-order valence-electron chi connectivity index (χ0n) is 14.3. The molecule has 5 nitrogen and oxygen atoms in total. The third-order valence-electron chi connectivity index (χ3n) is 4.56. The summed E-state index contributed by atoms with van der Waals surface area (Å²) in [5, 5.41) is 19.3. The van der Waals surface area contributed by atoms with Gasteiger partial charge in [-0.3, -0.25) is 4.79 Å². The maximum absolute atomic E-state index is 14.4. The van der Waals surface area contributed by atoms with Crippen LogP contribution in [0, 0.1) is 40.3 Å². The van der Waals surface area contributed by atoms with E-state index in [2.05, 4.69) is 4.74 Å². The van der Waals surface area contributed by atoms with Gasteiger partial charge in [-0.2, -0.15) is 36.9 Å². The van der Waals surface area contributed by atoms with E-state index in [-0.39, 0.29) is 0 Å². The Balaban J connectivity index is 2.69. The molecule has 12 heteroatoms. The number of carbonyl (C=O) groups is 1. The van der Waals surface area contributed by atoms with Gasteiger partial charge in [-0.05, 0) is 12.5 Å². The van der Waals surface area contributed by atoms with Crippen LogP contribution in [0.4, 0.5) is 30.7 Å². The molecule has 29 heavy (non-hydrogen) atoms. The number of nitrogens with zero attached hydrogens (tertiary/aromatic N) is 2. The maximum Gasteiger partial charge on any atom is 0.471 e. The van der Waals surface area contributed by atoms with Crippen molar-refractivity contribution in [2.75, 3.05) is 6.61 Å². The van der Waals surface area contributed by atoms with Gasteiger partial charge in [0, 0.05) is 11.5 Å². The van der Waals surface area contributed by atoms with Crippen molar-refractivity contribution in [3.05, 3.63) is 35.6 Å². The molecular weight excluding hydrogens is 411 g/mol. The zero-order chi connectivity index (χ0) is 22.0. The number of halogens is 7.